The van der Waals surface area contributed by atoms with Crippen LogP contribution in [0.2, 0.25) is 0 Å². The molecular weight excluding hydrogens is 258 g/mol. The fourth-order valence-electron chi connectivity index (χ4n) is 2.36. The van der Waals surface area contributed by atoms with Gasteiger partial charge in [-0.05, 0) is 23.3 Å². The van der Waals surface area contributed by atoms with Crippen LogP contribution >= 0.6 is 0 Å². The Hall–Kier alpha value is -2.63. The van der Waals surface area contributed by atoms with Gasteiger partial charge in [-0.1, -0.05) is 6.07 Å². The molecule has 1 aromatic carbocycles. The maximum Gasteiger partial charge on any atom is 0.335 e. The predicted octanol–water partition coefficient (Wildman–Crippen LogP) is 1.27. The number of nitrogens with zero attached hydrogens (tertiary/aromatic N) is 3. The van der Waals surface area contributed by atoms with E-state index in [9.17, 15) is 9.59 Å². The van der Waals surface area contributed by atoms with Crippen molar-refractivity contribution >= 4 is 11.9 Å². The maximum absolute atomic E-state index is 12.3. The van der Waals surface area contributed by atoms with Crippen molar-refractivity contribution in [3.8, 4) is 0 Å². The second-order valence-electron chi connectivity index (χ2n) is 4.87. The van der Waals surface area contributed by atoms with Crippen molar-refractivity contribution in [2.45, 2.75) is 13.1 Å². The molecule has 0 fully saturated rings. The number of imidazole rings is 1. The van der Waals surface area contributed by atoms with Gasteiger partial charge < -0.3 is 14.6 Å². The van der Waals surface area contributed by atoms with Gasteiger partial charge >= 0.3 is 5.97 Å². The zero-order valence-corrected chi connectivity index (χ0v) is 10.9. The Morgan fingerprint density at radius 3 is 2.65 bits per heavy atom. The van der Waals surface area contributed by atoms with E-state index in [0.29, 0.717) is 18.8 Å². The Balaban J connectivity index is 1.83. The molecular formula is C14H13N3O3. The number of carboxylic acids is 1. The Morgan fingerprint density at radius 2 is 2.00 bits per heavy atom. The monoisotopic (exact) mass is 271 g/mol. The number of aryl methyl sites for hydroxylation is 1. The summed E-state index contributed by atoms with van der Waals surface area (Å²) in [6.45, 7) is 0.913. The van der Waals surface area contributed by atoms with Crippen LogP contribution in [-0.2, 0) is 20.1 Å². The van der Waals surface area contributed by atoms with Crippen LogP contribution in [0.4, 0.5) is 0 Å². The van der Waals surface area contributed by atoms with Crippen molar-refractivity contribution in [3.63, 3.8) is 0 Å². The highest BCUT2D eigenvalue weighted by atomic mass is 16.4. The van der Waals surface area contributed by atoms with Crippen molar-refractivity contribution in [2.75, 3.05) is 0 Å². The van der Waals surface area contributed by atoms with Crippen LogP contribution in [0.3, 0.4) is 0 Å². The van der Waals surface area contributed by atoms with Crippen molar-refractivity contribution < 1.29 is 14.7 Å². The summed E-state index contributed by atoms with van der Waals surface area (Å²) in [5, 5.41) is 8.98. The quantitative estimate of drug-likeness (QED) is 0.892. The third-order valence-electron chi connectivity index (χ3n) is 3.39. The minimum atomic E-state index is -0.956. The molecule has 0 spiro atoms. The van der Waals surface area contributed by atoms with E-state index in [1.807, 2.05) is 7.05 Å². The van der Waals surface area contributed by atoms with Gasteiger partial charge in [0.05, 0.1) is 11.9 Å². The highest BCUT2D eigenvalue weighted by Gasteiger charge is 2.26. The molecule has 0 saturated heterocycles. The van der Waals surface area contributed by atoms with E-state index in [0.717, 1.165) is 11.1 Å². The molecule has 1 aliphatic rings. The molecule has 0 unspecified atom stereocenters. The van der Waals surface area contributed by atoms with Crippen molar-refractivity contribution in [3.05, 3.63) is 53.1 Å². The third kappa shape index (κ3) is 2.05. The molecule has 0 aliphatic carbocycles. The summed E-state index contributed by atoms with van der Waals surface area (Å²) in [5.74, 6) is -1.10. The zero-order valence-electron chi connectivity index (χ0n) is 10.9. The molecule has 1 N–H and O–H groups in total. The summed E-state index contributed by atoms with van der Waals surface area (Å²) in [6, 6.07) is 4.96. The number of amides is 1. The molecule has 2 heterocycles. The molecule has 0 radical (unpaired) electrons. The number of hydrogen-bond acceptors (Lipinski definition) is 3. The molecule has 3 rings (SSSR count). The molecule has 2 aromatic rings. The van der Waals surface area contributed by atoms with Crippen LogP contribution in [0, 0.1) is 0 Å². The summed E-state index contributed by atoms with van der Waals surface area (Å²) >= 11 is 0. The number of rotatable bonds is 2. The average Bonchev–Trinajstić information content (AvgIpc) is 3.02. The minimum absolute atomic E-state index is 0.140. The van der Waals surface area contributed by atoms with Crippen LogP contribution < -0.4 is 0 Å². The van der Waals surface area contributed by atoms with Gasteiger partial charge in [-0.15, -0.1) is 0 Å². The summed E-state index contributed by atoms with van der Waals surface area (Å²) in [4.78, 5) is 28.9. The van der Waals surface area contributed by atoms with E-state index in [2.05, 4.69) is 4.98 Å². The van der Waals surface area contributed by atoms with Crippen LogP contribution in [0.25, 0.3) is 0 Å². The minimum Gasteiger partial charge on any atom is -0.478 e. The van der Waals surface area contributed by atoms with Crippen LogP contribution in [0.1, 0.15) is 32.0 Å². The third-order valence-corrected chi connectivity index (χ3v) is 3.39. The predicted molar refractivity (Wildman–Crippen MR) is 70.2 cm³/mol. The lowest BCUT2D eigenvalue weighted by Crippen LogP contribution is -2.25. The molecule has 102 valence electrons. The lowest BCUT2D eigenvalue weighted by atomic mass is 10.1. The normalized spacial score (nSPS) is 13.3. The van der Waals surface area contributed by atoms with Crippen LogP contribution in [0.15, 0.2) is 30.7 Å². The van der Waals surface area contributed by atoms with Gasteiger partial charge in [0.25, 0.3) is 5.91 Å². The van der Waals surface area contributed by atoms with E-state index in [4.69, 9.17) is 5.11 Å². The number of carbonyl (C=O) groups excluding carboxylic acids is 1. The van der Waals surface area contributed by atoms with Gasteiger partial charge in [0.15, 0.2) is 0 Å². The van der Waals surface area contributed by atoms with E-state index in [1.54, 1.807) is 40.2 Å². The lowest BCUT2D eigenvalue weighted by Gasteiger charge is -2.13. The second-order valence-corrected chi connectivity index (χ2v) is 4.87. The Kier molecular flexibility index (Phi) is 2.78. The van der Waals surface area contributed by atoms with Crippen molar-refractivity contribution in [2.24, 2.45) is 7.05 Å². The van der Waals surface area contributed by atoms with Crippen molar-refractivity contribution in [1.82, 2.24) is 14.5 Å². The molecule has 1 aromatic heterocycles. The highest BCUT2D eigenvalue weighted by molar-refractivity contribution is 5.92. The number of fused-ring (bicyclic) bond motifs is 1. The first-order valence-corrected chi connectivity index (χ1v) is 6.17. The maximum atomic E-state index is 12.3. The molecule has 0 atom stereocenters. The van der Waals surface area contributed by atoms with E-state index < -0.39 is 5.97 Å². The van der Waals surface area contributed by atoms with Gasteiger partial charge in [-0.2, -0.15) is 0 Å². The van der Waals surface area contributed by atoms with Gasteiger partial charge in [0.2, 0.25) is 0 Å². The Labute approximate surface area is 115 Å². The molecule has 6 heteroatoms. The SMILES string of the molecule is Cn1cnc(C(=O)N2Cc3ccc(C(=O)O)cc3C2)c1. The largest absolute Gasteiger partial charge is 0.478 e. The number of aromatic carboxylic acids is 1. The molecule has 0 saturated carbocycles. The Morgan fingerprint density at radius 1 is 1.25 bits per heavy atom. The topological polar surface area (TPSA) is 75.4 Å². The van der Waals surface area contributed by atoms with E-state index in [-0.39, 0.29) is 11.5 Å². The van der Waals surface area contributed by atoms with Crippen LogP contribution in [0.5, 0.6) is 0 Å². The summed E-state index contributed by atoms with van der Waals surface area (Å²) in [7, 11) is 1.81. The summed E-state index contributed by atoms with van der Waals surface area (Å²) in [6.07, 6.45) is 3.26. The number of hydrogen-bond donors (Lipinski definition) is 1. The van der Waals surface area contributed by atoms with Gasteiger partial charge in [-0.25, -0.2) is 9.78 Å². The first kappa shape index (κ1) is 12.4. The zero-order chi connectivity index (χ0) is 14.3. The number of carboxylic acid groups (broad SMARTS) is 1. The first-order chi connectivity index (χ1) is 9.54. The number of aromatic nitrogens is 2. The first-order valence-electron chi connectivity index (χ1n) is 6.17. The Bertz CT molecular complexity index is 705. The molecule has 0 bridgehead atoms. The van der Waals surface area contributed by atoms with E-state index >= 15 is 0 Å². The van der Waals surface area contributed by atoms with E-state index in [1.165, 1.54) is 0 Å². The van der Waals surface area contributed by atoms with Crippen molar-refractivity contribution in [1.29, 1.82) is 0 Å². The molecule has 1 amide bonds. The number of carbonyl (C=O) groups is 2. The van der Waals surface area contributed by atoms with Gasteiger partial charge in [0, 0.05) is 26.3 Å². The lowest BCUT2D eigenvalue weighted by molar-refractivity contribution is 0.0696. The number of benzene rings is 1. The highest BCUT2D eigenvalue weighted by Crippen LogP contribution is 2.25. The standard InChI is InChI=1S/C14H13N3O3/c1-16-7-12(15-8-16)13(18)17-5-10-3-2-9(14(19)20)4-11(10)6-17/h2-4,7-8H,5-6H2,1H3,(H,19,20). The fourth-order valence-corrected chi connectivity index (χ4v) is 2.36. The smallest absolute Gasteiger partial charge is 0.335 e. The van der Waals surface area contributed by atoms with Gasteiger partial charge in [-0.3, -0.25) is 4.79 Å². The van der Waals surface area contributed by atoms with Gasteiger partial charge in [0.1, 0.15) is 5.69 Å². The molecule has 6 nitrogen and oxygen atoms in total. The average molecular weight is 271 g/mol. The molecule has 1 aliphatic heterocycles. The molecule has 20 heavy (non-hydrogen) atoms. The summed E-state index contributed by atoms with van der Waals surface area (Å²) in [5.41, 5.74) is 2.52. The second kappa shape index (κ2) is 4.48. The summed E-state index contributed by atoms with van der Waals surface area (Å²) < 4.78 is 1.72. The fraction of sp³-hybridized carbons (Fsp3) is 0.214. The van der Waals surface area contributed by atoms with Crippen LogP contribution in [-0.4, -0.2) is 31.4 Å².